The molecule has 2 heterocycles. The molecule has 30 heavy (non-hydrogen) atoms. The molecule has 0 radical (unpaired) electrons. The van der Waals surface area contributed by atoms with Crippen LogP contribution >= 0.6 is 0 Å². The topological polar surface area (TPSA) is 32.8 Å². The standard InChI is InChI=1S/C25H31FN2O2/c26-22-12-4-5-13-24(22)30-16-8-15-27-14-7-6-11-21-18-28(19-23(21)27)25(29)17-20-9-2-1-3-10-20/h1-5,9-10,12-13,21,23H,6-8,11,14-19H2/t21-,23+/m0/s1. The predicted octanol–water partition coefficient (Wildman–Crippen LogP) is 4.15. The maximum absolute atomic E-state index is 13.7. The molecule has 0 spiro atoms. The molecule has 4 nitrogen and oxygen atoms in total. The van der Waals surface area contributed by atoms with E-state index in [9.17, 15) is 9.18 Å². The molecule has 2 atom stereocenters. The van der Waals surface area contributed by atoms with Gasteiger partial charge in [-0.25, -0.2) is 4.39 Å². The van der Waals surface area contributed by atoms with Gasteiger partial charge in [-0.1, -0.05) is 48.9 Å². The van der Waals surface area contributed by atoms with Gasteiger partial charge in [-0.05, 0) is 49.4 Å². The summed E-state index contributed by atoms with van der Waals surface area (Å²) in [5.74, 6) is 0.803. The average molecular weight is 411 g/mol. The van der Waals surface area contributed by atoms with Gasteiger partial charge in [-0.2, -0.15) is 0 Å². The minimum atomic E-state index is -0.310. The Bertz CT molecular complexity index is 829. The maximum Gasteiger partial charge on any atom is 0.227 e. The van der Waals surface area contributed by atoms with Crippen LogP contribution in [0.4, 0.5) is 4.39 Å². The number of rotatable bonds is 7. The van der Waals surface area contributed by atoms with E-state index in [2.05, 4.69) is 9.80 Å². The van der Waals surface area contributed by atoms with Gasteiger partial charge in [-0.15, -0.1) is 0 Å². The lowest BCUT2D eigenvalue weighted by Gasteiger charge is -2.30. The van der Waals surface area contributed by atoms with E-state index < -0.39 is 0 Å². The number of benzene rings is 2. The molecule has 2 aliphatic heterocycles. The number of fused-ring (bicyclic) bond motifs is 1. The van der Waals surface area contributed by atoms with E-state index in [0.717, 1.165) is 38.2 Å². The van der Waals surface area contributed by atoms with E-state index in [1.54, 1.807) is 18.2 Å². The first kappa shape index (κ1) is 20.9. The van der Waals surface area contributed by atoms with E-state index >= 15 is 0 Å². The van der Waals surface area contributed by atoms with Gasteiger partial charge in [0.15, 0.2) is 11.6 Å². The lowest BCUT2D eigenvalue weighted by atomic mass is 9.98. The second-order valence-corrected chi connectivity index (χ2v) is 8.45. The molecular formula is C25H31FN2O2. The molecule has 2 fully saturated rings. The lowest BCUT2D eigenvalue weighted by Crippen LogP contribution is -2.42. The van der Waals surface area contributed by atoms with Crippen LogP contribution in [0.25, 0.3) is 0 Å². The number of para-hydroxylation sites is 1. The lowest BCUT2D eigenvalue weighted by molar-refractivity contribution is -0.129. The van der Waals surface area contributed by atoms with Gasteiger partial charge in [-0.3, -0.25) is 9.69 Å². The first-order chi connectivity index (χ1) is 14.7. The number of likely N-dealkylation sites (tertiary alicyclic amines) is 2. The fourth-order valence-corrected chi connectivity index (χ4v) is 4.81. The largest absolute Gasteiger partial charge is 0.490 e. The number of hydrogen-bond acceptors (Lipinski definition) is 3. The van der Waals surface area contributed by atoms with Crippen LogP contribution in [0.2, 0.25) is 0 Å². The maximum atomic E-state index is 13.7. The van der Waals surface area contributed by atoms with Gasteiger partial charge in [0.1, 0.15) is 0 Å². The molecular weight excluding hydrogens is 379 g/mol. The Balaban J connectivity index is 1.30. The Hall–Kier alpha value is -2.40. The van der Waals surface area contributed by atoms with Crippen LogP contribution in [0.1, 0.15) is 31.2 Å². The minimum Gasteiger partial charge on any atom is -0.490 e. The molecule has 0 bridgehead atoms. The summed E-state index contributed by atoms with van der Waals surface area (Å²) in [7, 11) is 0. The molecule has 0 aromatic heterocycles. The van der Waals surface area contributed by atoms with Crippen molar-refractivity contribution in [3.8, 4) is 5.75 Å². The quantitative estimate of drug-likeness (QED) is 0.643. The van der Waals surface area contributed by atoms with Crippen molar-refractivity contribution in [2.75, 3.05) is 32.8 Å². The van der Waals surface area contributed by atoms with Crippen molar-refractivity contribution in [1.82, 2.24) is 9.80 Å². The number of amides is 1. The molecule has 1 amide bonds. The van der Waals surface area contributed by atoms with Crippen LogP contribution in [-0.2, 0) is 11.2 Å². The summed E-state index contributed by atoms with van der Waals surface area (Å²) in [6.07, 6.45) is 4.97. The smallest absolute Gasteiger partial charge is 0.227 e. The molecule has 2 saturated heterocycles. The van der Waals surface area contributed by atoms with E-state index in [-0.39, 0.29) is 11.7 Å². The van der Waals surface area contributed by atoms with Crippen LogP contribution in [0, 0.1) is 11.7 Å². The molecule has 2 aromatic carbocycles. The second kappa shape index (κ2) is 10.1. The highest BCUT2D eigenvalue weighted by atomic mass is 19.1. The second-order valence-electron chi connectivity index (χ2n) is 8.45. The number of ether oxygens (including phenoxy) is 1. The average Bonchev–Trinajstić information content (AvgIpc) is 3.10. The van der Waals surface area contributed by atoms with Crippen molar-refractivity contribution in [3.05, 3.63) is 66.0 Å². The summed E-state index contributed by atoms with van der Waals surface area (Å²) >= 11 is 0. The molecule has 2 aromatic rings. The normalized spacial score (nSPS) is 21.8. The zero-order valence-electron chi connectivity index (χ0n) is 17.5. The van der Waals surface area contributed by atoms with Gasteiger partial charge in [0, 0.05) is 25.7 Å². The van der Waals surface area contributed by atoms with E-state index in [1.165, 1.54) is 25.3 Å². The predicted molar refractivity (Wildman–Crippen MR) is 116 cm³/mol. The van der Waals surface area contributed by atoms with E-state index in [1.807, 2.05) is 30.3 Å². The van der Waals surface area contributed by atoms with Crippen LogP contribution < -0.4 is 4.74 Å². The summed E-state index contributed by atoms with van der Waals surface area (Å²) in [6, 6.07) is 17.0. The van der Waals surface area contributed by atoms with Crippen LogP contribution in [0.3, 0.4) is 0 Å². The molecule has 0 saturated carbocycles. The Kier molecular flexibility index (Phi) is 7.00. The van der Waals surface area contributed by atoms with Crippen LogP contribution in [-0.4, -0.2) is 54.5 Å². The number of hydrogen-bond donors (Lipinski definition) is 0. The summed E-state index contributed by atoms with van der Waals surface area (Å²) in [6.45, 7) is 4.20. The Morgan fingerprint density at radius 3 is 2.67 bits per heavy atom. The van der Waals surface area contributed by atoms with Crippen molar-refractivity contribution in [1.29, 1.82) is 0 Å². The van der Waals surface area contributed by atoms with Crippen molar-refractivity contribution in [2.24, 2.45) is 5.92 Å². The third-order valence-corrected chi connectivity index (χ3v) is 6.38. The number of nitrogens with zero attached hydrogens (tertiary/aromatic N) is 2. The number of halogens is 1. The first-order valence-corrected chi connectivity index (χ1v) is 11.1. The van der Waals surface area contributed by atoms with E-state index in [4.69, 9.17) is 4.74 Å². The molecule has 5 heteroatoms. The van der Waals surface area contributed by atoms with Crippen molar-refractivity contribution < 1.29 is 13.9 Å². The zero-order chi connectivity index (χ0) is 20.8. The Labute approximate surface area is 178 Å². The third kappa shape index (κ3) is 5.20. The van der Waals surface area contributed by atoms with Gasteiger partial charge >= 0.3 is 0 Å². The van der Waals surface area contributed by atoms with Gasteiger partial charge in [0.2, 0.25) is 5.91 Å². The minimum absolute atomic E-state index is 0.233. The monoisotopic (exact) mass is 410 g/mol. The fourth-order valence-electron chi connectivity index (χ4n) is 4.81. The summed E-state index contributed by atoms with van der Waals surface area (Å²) in [5.41, 5.74) is 1.08. The molecule has 160 valence electrons. The molecule has 0 aliphatic carbocycles. The molecule has 0 N–H and O–H groups in total. The molecule has 2 aliphatic rings. The summed E-state index contributed by atoms with van der Waals surface area (Å²) in [4.78, 5) is 17.5. The van der Waals surface area contributed by atoms with Gasteiger partial charge < -0.3 is 9.64 Å². The molecule has 0 unspecified atom stereocenters. The third-order valence-electron chi connectivity index (χ3n) is 6.38. The Morgan fingerprint density at radius 2 is 1.83 bits per heavy atom. The number of carbonyl (C=O) groups is 1. The first-order valence-electron chi connectivity index (χ1n) is 11.1. The summed E-state index contributed by atoms with van der Waals surface area (Å²) in [5, 5.41) is 0. The van der Waals surface area contributed by atoms with Crippen LogP contribution in [0.5, 0.6) is 5.75 Å². The van der Waals surface area contributed by atoms with Crippen molar-refractivity contribution in [2.45, 2.75) is 38.1 Å². The fraction of sp³-hybridized carbons (Fsp3) is 0.480. The Morgan fingerprint density at radius 1 is 1.03 bits per heavy atom. The highest BCUT2D eigenvalue weighted by molar-refractivity contribution is 5.79. The van der Waals surface area contributed by atoms with Crippen LogP contribution in [0.15, 0.2) is 54.6 Å². The summed E-state index contributed by atoms with van der Waals surface area (Å²) < 4.78 is 19.3. The van der Waals surface area contributed by atoms with Gasteiger partial charge in [0.05, 0.1) is 13.0 Å². The van der Waals surface area contributed by atoms with Crippen molar-refractivity contribution >= 4 is 5.91 Å². The zero-order valence-corrected chi connectivity index (χ0v) is 17.5. The van der Waals surface area contributed by atoms with Crippen molar-refractivity contribution in [3.63, 3.8) is 0 Å². The highest BCUT2D eigenvalue weighted by Crippen LogP contribution is 2.30. The SMILES string of the molecule is O=C(Cc1ccccc1)N1C[C@@H]2CCCCN(CCCOc3ccccc3F)[C@@H]2C1. The van der Waals surface area contributed by atoms with Gasteiger partial charge in [0.25, 0.3) is 0 Å². The highest BCUT2D eigenvalue weighted by Gasteiger charge is 2.39. The van der Waals surface area contributed by atoms with E-state index in [0.29, 0.717) is 30.7 Å². The number of carbonyl (C=O) groups excluding carboxylic acids is 1. The molecule has 4 rings (SSSR count).